The number of methoxy groups -OCH3 is 2. The molecule has 5 heterocycles. The Morgan fingerprint density at radius 2 is 1.45 bits per heavy atom. The van der Waals surface area contributed by atoms with E-state index in [0.29, 0.717) is 67.1 Å². The van der Waals surface area contributed by atoms with Gasteiger partial charge in [0.2, 0.25) is 5.91 Å². The molecular formula is C44H45N5O11. The number of fused-ring (bicyclic) bond motifs is 11. The Hall–Kier alpha value is -7.10. The molecule has 3 aromatic rings. The lowest BCUT2D eigenvalue weighted by atomic mass is 9.64. The maximum Gasteiger partial charge on any atom is 0.334 e. The second kappa shape index (κ2) is 16.6. The number of amides is 1. The molecule has 0 spiro atoms. The normalized spacial score (nSPS) is 17.5. The summed E-state index contributed by atoms with van der Waals surface area (Å²) in [4.78, 5) is 91.8. The largest absolute Gasteiger partial charge is 0.481 e. The Kier molecular flexibility index (Phi) is 11.8. The van der Waals surface area contributed by atoms with Gasteiger partial charge in [0.15, 0.2) is 0 Å². The lowest BCUT2D eigenvalue weighted by molar-refractivity contribution is -0.149. The molecule has 6 rings (SSSR count). The summed E-state index contributed by atoms with van der Waals surface area (Å²) in [6.07, 6.45) is 4.06. The number of esters is 2. The van der Waals surface area contributed by atoms with Crippen LogP contribution in [0.5, 0.6) is 0 Å². The Labute approximate surface area is 343 Å². The average Bonchev–Trinajstić information content (AvgIpc) is 3.85. The zero-order chi connectivity index (χ0) is 43.8. The summed E-state index contributed by atoms with van der Waals surface area (Å²) in [5, 5.41) is 30.7. The topological polar surface area (TPSA) is 251 Å². The van der Waals surface area contributed by atoms with Crippen LogP contribution in [0.15, 0.2) is 54.6 Å². The Morgan fingerprint density at radius 3 is 2.02 bits per heavy atom. The Morgan fingerprint density at radius 1 is 0.817 bits per heavy atom. The summed E-state index contributed by atoms with van der Waals surface area (Å²) in [5.74, 6) is -7.08. The molecule has 0 unspecified atom stereocenters. The quantitative estimate of drug-likeness (QED) is 0.120. The van der Waals surface area contributed by atoms with Crippen molar-refractivity contribution in [2.24, 2.45) is 5.92 Å². The van der Waals surface area contributed by atoms with Crippen LogP contribution in [0, 0.1) is 19.8 Å². The number of carbonyl (C=O) groups is 6. The second-order valence-corrected chi connectivity index (χ2v) is 15.0. The van der Waals surface area contributed by atoms with E-state index in [1.807, 2.05) is 45.9 Å². The third-order valence-electron chi connectivity index (χ3n) is 11.5. The molecule has 0 saturated carbocycles. The predicted octanol–water partition coefficient (Wildman–Crippen LogP) is 5.29. The van der Waals surface area contributed by atoms with Gasteiger partial charge in [-0.05, 0) is 98.2 Å². The number of aromatic amines is 2. The lowest BCUT2D eigenvalue weighted by Crippen LogP contribution is -2.42. The van der Waals surface area contributed by atoms with Gasteiger partial charge in [-0.2, -0.15) is 0 Å². The molecule has 0 fully saturated rings. The number of H-pyrrole nitrogens is 2. The molecule has 1 aliphatic carbocycles. The van der Waals surface area contributed by atoms with Gasteiger partial charge in [0, 0.05) is 40.5 Å². The zero-order valence-corrected chi connectivity index (χ0v) is 33.9. The fraction of sp³-hybridized carbons (Fsp3) is 0.318. The van der Waals surface area contributed by atoms with Crippen LogP contribution < -0.4 is 5.32 Å². The van der Waals surface area contributed by atoms with E-state index in [1.165, 1.54) is 14.2 Å². The highest BCUT2D eigenvalue weighted by atomic mass is 16.5. The van der Waals surface area contributed by atoms with Crippen molar-refractivity contribution in [2.45, 2.75) is 71.3 Å². The first-order valence-electron chi connectivity index (χ1n) is 19.1. The molecule has 1 amide bonds. The van der Waals surface area contributed by atoms with Gasteiger partial charge in [-0.15, -0.1) is 0 Å². The van der Waals surface area contributed by atoms with Crippen LogP contribution in [0.1, 0.15) is 78.1 Å². The molecule has 60 heavy (non-hydrogen) atoms. The number of rotatable bonds is 13. The molecule has 0 saturated heterocycles. The predicted molar refractivity (Wildman–Crippen MR) is 220 cm³/mol. The van der Waals surface area contributed by atoms with Gasteiger partial charge in [-0.1, -0.05) is 24.8 Å². The summed E-state index contributed by atoms with van der Waals surface area (Å²) in [5.41, 5.74) is 8.16. The molecule has 3 aliphatic rings. The first-order chi connectivity index (χ1) is 28.4. The van der Waals surface area contributed by atoms with Crippen LogP contribution in [-0.2, 0) is 56.5 Å². The van der Waals surface area contributed by atoms with E-state index >= 15 is 0 Å². The van der Waals surface area contributed by atoms with Crippen molar-refractivity contribution in [1.29, 1.82) is 0 Å². The number of hydrogen-bond acceptors (Lipinski definition) is 10. The second-order valence-electron chi connectivity index (χ2n) is 15.0. The molecule has 16 nitrogen and oxygen atoms in total. The first kappa shape index (κ1) is 42.5. The van der Waals surface area contributed by atoms with Crippen LogP contribution in [0.4, 0.5) is 0 Å². The molecule has 312 valence electrons. The highest BCUT2D eigenvalue weighted by Crippen LogP contribution is 2.52. The van der Waals surface area contributed by atoms with E-state index in [-0.39, 0.29) is 31.3 Å². The van der Waals surface area contributed by atoms with E-state index in [1.54, 1.807) is 24.3 Å². The number of nitrogens with zero attached hydrogens (tertiary/aromatic N) is 2. The molecule has 3 aromatic heterocycles. The number of ether oxygens (including phenoxy) is 2. The number of nitrogens with one attached hydrogen (secondary N) is 3. The summed E-state index contributed by atoms with van der Waals surface area (Å²) in [6, 6.07) is 5.63. The van der Waals surface area contributed by atoms with Crippen LogP contribution >= 0.6 is 0 Å². The molecule has 8 bridgehead atoms. The van der Waals surface area contributed by atoms with Crippen molar-refractivity contribution in [3.8, 4) is 0 Å². The van der Waals surface area contributed by atoms with Gasteiger partial charge in [0.1, 0.15) is 12.0 Å². The molecule has 0 radical (unpaired) electrons. The van der Waals surface area contributed by atoms with Gasteiger partial charge in [0.05, 0.1) is 54.4 Å². The van der Waals surface area contributed by atoms with E-state index in [2.05, 4.69) is 21.9 Å². The number of hydrogen-bond donors (Lipinski definition) is 6. The zero-order valence-electron chi connectivity index (χ0n) is 33.9. The summed E-state index contributed by atoms with van der Waals surface area (Å²) >= 11 is 0. The molecule has 6 N–H and O–H groups in total. The highest BCUT2D eigenvalue weighted by Gasteiger charge is 2.53. The fourth-order valence-electron chi connectivity index (χ4n) is 8.24. The minimum atomic E-state index is -1.62. The van der Waals surface area contributed by atoms with Crippen molar-refractivity contribution >= 4 is 74.5 Å². The van der Waals surface area contributed by atoms with Gasteiger partial charge in [-0.3, -0.25) is 24.2 Å². The number of carbonyl (C=O) groups excluding carboxylic acids is 3. The van der Waals surface area contributed by atoms with E-state index < -0.39 is 59.5 Å². The number of aromatic nitrogens is 4. The standard InChI is InChI=1S/C44H45N5O11/c1-8-23-20(2)29-16-34-27-12-9-26(42(57)59-6)40(43(58)60-7)44(27,5)36(48-34)18-30-22(4)25(11-14-38(51)52)33(47-30)17-32-24(21(3)28(46-32)15-31(23)45-29)10-13-37(50)49-35(41(55)56)19-39(53)54/h8-9,12,15-18,35,40,46-47H,1,10-11,13-14,19H2,2-7H3,(H,49,50)(H,51,52)(H,53,54)(H,55,56)/t35-,40-,44+/m0/s1. The van der Waals surface area contributed by atoms with Crippen molar-refractivity contribution < 1.29 is 53.6 Å². The van der Waals surface area contributed by atoms with Crippen LogP contribution in [-0.4, -0.2) is 91.3 Å². The van der Waals surface area contributed by atoms with E-state index in [0.717, 1.165) is 16.7 Å². The van der Waals surface area contributed by atoms with Crippen molar-refractivity contribution in [3.05, 3.63) is 99.7 Å². The number of allylic oxidation sites excluding steroid dienone is 6. The monoisotopic (exact) mass is 819 g/mol. The molecule has 16 heteroatoms. The van der Waals surface area contributed by atoms with Crippen molar-refractivity contribution in [2.75, 3.05) is 14.2 Å². The van der Waals surface area contributed by atoms with Gasteiger partial charge in [-0.25, -0.2) is 14.6 Å². The van der Waals surface area contributed by atoms with Crippen LogP contribution in [0.3, 0.4) is 0 Å². The number of carboxylic acids is 3. The van der Waals surface area contributed by atoms with E-state index in [9.17, 15) is 39.0 Å². The molecular weight excluding hydrogens is 775 g/mol. The van der Waals surface area contributed by atoms with Crippen LogP contribution in [0.2, 0.25) is 0 Å². The lowest BCUT2D eigenvalue weighted by Gasteiger charge is -2.36. The van der Waals surface area contributed by atoms with Gasteiger partial charge in [0.25, 0.3) is 0 Å². The number of aryl methyl sites for hydroxylation is 4. The number of aliphatic carboxylic acids is 3. The summed E-state index contributed by atoms with van der Waals surface area (Å²) < 4.78 is 10.4. The fourth-order valence-corrected chi connectivity index (χ4v) is 8.24. The molecule has 2 aliphatic heterocycles. The minimum Gasteiger partial charge on any atom is -0.481 e. The smallest absolute Gasteiger partial charge is 0.334 e. The summed E-state index contributed by atoms with van der Waals surface area (Å²) in [6.45, 7) is 11.4. The maximum atomic E-state index is 13.7. The number of carboxylic acid groups (broad SMARTS) is 3. The maximum absolute atomic E-state index is 13.7. The van der Waals surface area contributed by atoms with E-state index in [4.69, 9.17) is 24.5 Å². The Balaban J connectivity index is 1.67. The Bertz CT molecular complexity index is 2660. The summed E-state index contributed by atoms with van der Waals surface area (Å²) in [7, 11) is 2.47. The first-order valence-corrected chi connectivity index (χ1v) is 19.1. The average molecular weight is 820 g/mol. The van der Waals surface area contributed by atoms with Crippen LogP contribution in [0.25, 0.3) is 38.8 Å². The van der Waals surface area contributed by atoms with Crippen molar-refractivity contribution in [3.63, 3.8) is 0 Å². The van der Waals surface area contributed by atoms with Gasteiger partial charge >= 0.3 is 29.8 Å². The molecule has 0 aromatic carbocycles. The molecule has 3 atom stereocenters. The third-order valence-corrected chi connectivity index (χ3v) is 11.5. The highest BCUT2D eigenvalue weighted by molar-refractivity contribution is 6.02. The van der Waals surface area contributed by atoms with Crippen molar-refractivity contribution in [1.82, 2.24) is 25.3 Å². The third kappa shape index (κ3) is 7.75. The SMILES string of the molecule is C=CC1=C(C)c2cc3nc(cc4[nH]c(cc5[nH]c(cc1n2)c(C)c5CCC(=O)N[C@@H](CC(=O)O)C(=O)O)c(CCC(=O)O)c4C)[C@@]1(C)C3=CC=C(C(=O)OC)[C@H]1C(=O)OC. The van der Waals surface area contributed by atoms with Gasteiger partial charge < -0.3 is 40.1 Å². The minimum absolute atomic E-state index is 0.0796.